The molecule has 1 aromatic heterocycles. The van der Waals surface area contributed by atoms with E-state index >= 15 is 0 Å². The number of carboxylic acids is 1. The van der Waals surface area contributed by atoms with Crippen LogP contribution in [-0.4, -0.2) is 26.1 Å². The van der Waals surface area contributed by atoms with Crippen LogP contribution in [0.3, 0.4) is 0 Å². The van der Waals surface area contributed by atoms with Gasteiger partial charge in [0, 0.05) is 5.41 Å². The minimum atomic E-state index is -0.832. The van der Waals surface area contributed by atoms with Crippen LogP contribution in [-0.2, 0) is 10.2 Å². The van der Waals surface area contributed by atoms with E-state index in [1.165, 1.54) is 38.5 Å². The molecule has 108 valence electrons. The number of hydrogen-bond donors (Lipinski definition) is 1. The van der Waals surface area contributed by atoms with Crippen molar-refractivity contribution < 1.29 is 9.90 Å². The second kappa shape index (κ2) is 4.06. The fraction of sp³-hybridized carbons (Fsp3) is 0.800. The van der Waals surface area contributed by atoms with Gasteiger partial charge in [-0.25, -0.2) is 9.48 Å². The van der Waals surface area contributed by atoms with Crippen molar-refractivity contribution in [2.24, 2.45) is 17.8 Å². The van der Waals surface area contributed by atoms with Crippen molar-refractivity contribution in [3.05, 3.63) is 11.9 Å². The lowest BCUT2D eigenvalue weighted by Crippen LogP contribution is -2.49. The van der Waals surface area contributed by atoms with E-state index in [-0.39, 0.29) is 5.41 Å². The van der Waals surface area contributed by atoms with Gasteiger partial charge in [0.2, 0.25) is 0 Å². The number of carbonyl (C=O) groups is 1. The quantitative estimate of drug-likeness (QED) is 0.919. The van der Waals surface area contributed by atoms with Crippen molar-refractivity contribution in [1.29, 1.82) is 0 Å². The molecule has 4 fully saturated rings. The molecule has 0 radical (unpaired) electrons. The molecular weight excluding hydrogens is 254 g/mol. The molecule has 5 heteroatoms. The second-order valence-electron chi connectivity index (χ2n) is 7.28. The van der Waals surface area contributed by atoms with E-state index in [0.29, 0.717) is 0 Å². The number of rotatable bonds is 3. The van der Waals surface area contributed by atoms with E-state index in [1.54, 1.807) is 11.6 Å². The molecule has 5 nitrogen and oxygen atoms in total. The highest BCUT2D eigenvalue weighted by Gasteiger charge is 2.53. The Hall–Kier alpha value is -1.39. The minimum Gasteiger partial charge on any atom is -0.480 e. The summed E-state index contributed by atoms with van der Waals surface area (Å²) in [6.07, 6.45) is 9.60. The molecule has 5 rings (SSSR count). The zero-order valence-corrected chi connectivity index (χ0v) is 11.8. The van der Waals surface area contributed by atoms with Crippen molar-refractivity contribution in [2.45, 2.75) is 56.9 Å². The fourth-order valence-electron chi connectivity index (χ4n) is 5.44. The van der Waals surface area contributed by atoms with Gasteiger partial charge in [0.1, 0.15) is 6.04 Å². The zero-order chi connectivity index (χ0) is 13.9. The summed E-state index contributed by atoms with van der Waals surface area (Å²) in [6.45, 7) is 1.70. The van der Waals surface area contributed by atoms with Gasteiger partial charge in [0.05, 0.1) is 11.9 Å². The summed E-state index contributed by atoms with van der Waals surface area (Å²) in [6, 6.07) is -0.625. The van der Waals surface area contributed by atoms with Crippen molar-refractivity contribution in [3.8, 4) is 0 Å². The Bertz CT molecular complexity index is 516. The van der Waals surface area contributed by atoms with Gasteiger partial charge in [-0.3, -0.25) is 0 Å². The van der Waals surface area contributed by atoms with E-state index in [9.17, 15) is 9.90 Å². The van der Waals surface area contributed by atoms with Crippen LogP contribution in [0, 0.1) is 17.8 Å². The lowest BCUT2D eigenvalue weighted by Gasteiger charge is -2.56. The Balaban J connectivity index is 1.74. The van der Waals surface area contributed by atoms with Gasteiger partial charge in [-0.05, 0) is 63.2 Å². The second-order valence-corrected chi connectivity index (χ2v) is 7.28. The van der Waals surface area contributed by atoms with Gasteiger partial charge in [0.15, 0.2) is 0 Å². The van der Waals surface area contributed by atoms with Crippen molar-refractivity contribution >= 4 is 5.97 Å². The number of aromatic nitrogens is 3. The van der Waals surface area contributed by atoms with Crippen LogP contribution < -0.4 is 0 Å². The Kier molecular flexibility index (Phi) is 2.51. The lowest BCUT2D eigenvalue weighted by molar-refractivity contribution is -0.140. The molecule has 4 bridgehead atoms. The summed E-state index contributed by atoms with van der Waals surface area (Å²) in [5.41, 5.74) is 1.23. The Morgan fingerprint density at radius 2 is 1.85 bits per heavy atom. The summed E-state index contributed by atoms with van der Waals surface area (Å²) in [5, 5.41) is 17.4. The fourth-order valence-corrected chi connectivity index (χ4v) is 5.44. The van der Waals surface area contributed by atoms with Crippen LogP contribution in [0.2, 0.25) is 0 Å². The van der Waals surface area contributed by atoms with Crippen LogP contribution in [0.5, 0.6) is 0 Å². The highest BCUT2D eigenvalue weighted by molar-refractivity contribution is 5.71. The van der Waals surface area contributed by atoms with Crippen LogP contribution in [0.15, 0.2) is 6.20 Å². The maximum Gasteiger partial charge on any atom is 0.328 e. The monoisotopic (exact) mass is 275 g/mol. The predicted octanol–water partition coefficient (Wildman–Crippen LogP) is 2.39. The molecule has 20 heavy (non-hydrogen) atoms. The van der Waals surface area contributed by atoms with Crippen molar-refractivity contribution in [1.82, 2.24) is 15.0 Å². The molecule has 1 N–H and O–H groups in total. The molecule has 0 aromatic carbocycles. The number of hydrogen-bond acceptors (Lipinski definition) is 3. The maximum atomic E-state index is 11.3. The average Bonchev–Trinajstić information content (AvgIpc) is 2.85. The van der Waals surface area contributed by atoms with Gasteiger partial charge in [-0.1, -0.05) is 5.21 Å². The van der Waals surface area contributed by atoms with Gasteiger partial charge < -0.3 is 5.11 Å². The highest BCUT2D eigenvalue weighted by atomic mass is 16.4. The van der Waals surface area contributed by atoms with Crippen LogP contribution in [0.4, 0.5) is 0 Å². The third-order valence-electron chi connectivity index (χ3n) is 5.88. The SMILES string of the molecule is CC(C(=O)O)n1nncc1C12CC3CC(CC(C3)C1)C2. The van der Waals surface area contributed by atoms with E-state index < -0.39 is 12.0 Å². The zero-order valence-electron chi connectivity index (χ0n) is 11.8. The average molecular weight is 275 g/mol. The molecule has 0 spiro atoms. The van der Waals surface area contributed by atoms with E-state index in [4.69, 9.17) is 0 Å². The number of aliphatic carboxylic acids is 1. The molecule has 1 heterocycles. The molecule has 0 amide bonds. The Morgan fingerprint density at radius 1 is 1.30 bits per heavy atom. The van der Waals surface area contributed by atoms with Gasteiger partial charge in [-0.15, -0.1) is 5.10 Å². The van der Waals surface area contributed by atoms with E-state index in [2.05, 4.69) is 10.3 Å². The number of nitrogens with zero attached hydrogens (tertiary/aromatic N) is 3. The molecule has 4 aliphatic carbocycles. The largest absolute Gasteiger partial charge is 0.480 e. The molecule has 0 aliphatic heterocycles. The summed E-state index contributed by atoms with van der Waals surface area (Å²) in [5.74, 6) is 1.68. The van der Waals surface area contributed by atoms with Crippen molar-refractivity contribution in [3.63, 3.8) is 0 Å². The molecule has 0 saturated heterocycles. The smallest absolute Gasteiger partial charge is 0.328 e. The van der Waals surface area contributed by atoms with Gasteiger partial charge in [-0.2, -0.15) is 0 Å². The first-order valence-corrected chi connectivity index (χ1v) is 7.71. The van der Waals surface area contributed by atoms with Crippen molar-refractivity contribution in [2.75, 3.05) is 0 Å². The molecule has 1 aromatic rings. The molecule has 1 unspecified atom stereocenters. The van der Waals surface area contributed by atoms with Crippen LogP contribution in [0.1, 0.15) is 57.2 Å². The normalized spacial score (nSPS) is 40.0. The first kappa shape index (κ1) is 12.4. The first-order valence-electron chi connectivity index (χ1n) is 7.71. The van der Waals surface area contributed by atoms with E-state index in [1.807, 2.05) is 6.20 Å². The van der Waals surface area contributed by atoms with Crippen LogP contribution in [0.25, 0.3) is 0 Å². The Morgan fingerprint density at radius 3 is 2.35 bits per heavy atom. The molecule has 4 aliphatic rings. The maximum absolute atomic E-state index is 11.3. The number of carboxylic acid groups (broad SMARTS) is 1. The first-order chi connectivity index (χ1) is 9.57. The third-order valence-corrected chi connectivity index (χ3v) is 5.88. The Labute approximate surface area is 118 Å². The summed E-state index contributed by atoms with van der Waals surface area (Å²) in [4.78, 5) is 11.3. The van der Waals surface area contributed by atoms with Gasteiger partial charge in [0.25, 0.3) is 0 Å². The molecule has 4 saturated carbocycles. The summed E-state index contributed by atoms with van der Waals surface area (Å²) < 4.78 is 1.66. The highest BCUT2D eigenvalue weighted by Crippen LogP contribution is 2.60. The molecular formula is C15H21N3O2. The van der Waals surface area contributed by atoms with E-state index in [0.717, 1.165) is 23.4 Å². The topological polar surface area (TPSA) is 68.0 Å². The lowest BCUT2D eigenvalue weighted by atomic mass is 9.49. The van der Waals surface area contributed by atoms with Crippen LogP contribution >= 0.6 is 0 Å². The standard InChI is InChI=1S/C15H21N3O2/c1-9(14(19)20)18-13(8-16-17-18)15-5-10-2-11(6-15)4-12(3-10)7-15/h8-12H,2-7H2,1H3,(H,19,20). The summed E-state index contributed by atoms with van der Waals surface area (Å²) in [7, 11) is 0. The van der Waals surface area contributed by atoms with Gasteiger partial charge >= 0.3 is 5.97 Å². The minimum absolute atomic E-state index is 0.155. The molecule has 1 atom stereocenters. The predicted molar refractivity (Wildman–Crippen MR) is 72.2 cm³/mol. The summed E-state index contributed by atoms with van der Waals surface area (Å²) >= 11 is 0. The third kappa shape index (κ3) is 1.64.